The zero-order chi connectivity index (χ0) is 35.3. The van der Waals surface area contributed by atoms with Crippen molar-refractivity contribution in [1.82, 2.24) is 39.2 Å². The summed E-state index contributed by atoms with van der Waals surface area (Å²) in [7, 11) is 10.4. The van der Waals surface area contributed by atoms with Crippen molar-refractivity contribution in [3.8, 4) is 0 Å². The summed E-state index contributed by atoms with van der Waals surface area (Å²) < 4.78 is 0. The van der Waals surface area contributed by atoms with Crippen molar-refractivity contribution in [2.24, 2.45) is 11.5 Å². The Labute approximate surface area is 265 Å². The van der Waals surface area contributed by atoms with Crippen LogP contribution in [0.3, 0.4) is 0 Å². The van der Waals surface area contributed by atoms with E-state index in [1.54, 1.807) is 13.5 Å². The summed E-state index contributed by atoms with van der Waals surface area (Å²) in [4.78, 5) is 103. The first-order chi connectivity index (χ1) is 21.0. The molecule has 8 amide bonds. The van der Waals surface area contributed by atoms with E-state index in [1.807, 2.05) is 6.92 Å². The van der Waals surface area contributed by atoms with E-state index in [9.17, 15) is 38.4 Å². The largest absolute Gasteiger partial charge is 0.520 e. The molecular weight excluding hydrogens is 849 g/mol. The van der Waals surface area contributed by atoms with Crippen molar-refractivity contribution in [1.29, 1.82) is 0 Å². The molecule has 0 aliphatic rings. The van der Waals surface area contributed by atoms with E-state index in [1.165, 1.54) is 71.7 Å². The van der Waals surface area contributed by atoms with Gasteiger partial charge in [-0.25, -0.2) is 0 Å². The molecular formula is C27H51FmN10O8-. The molecule has 0 aromatic heterocycles. The topological polar surface area (TPSA) is 215 Å². The molecule has 0 heterocycles. The monoisotopic (exact) mass is 900 g/mol. The molecule has 0 bridgehead atoms. The summed E-state index contributed by atoms with van der Waals surface area (Å²) in [5.74, 6) is -1.98. The summed E-state index contributed by atoms with van der Waals surface area (Å²) in [5, 5.41) is 0. The van der Waals surface area contributed by atoms with Gasteiger partial charge in [0.25, 0.3) is 0 Å². The Morgan fingerprint density at radius 3 is 1.22 bits per heavy atom. The zero-order valence-corrected chi connectivity index (χ0v) is 30.5. The number of carbonyl (C=O) groups excluding carboxylic acids is 8. The van der Waals surface area contributed by atoms with Crippen LogP contribution in [0.2, 0.25) is 0 Å². The molecule has 46 heavy (non-hydrogen) atoms. The standard InChI is InChI=1S/C17H33N7O5.C10H18N3O3.Fm/c1-20(13-25)9-14(26)21(2)10-15(27)22(3)11-16(28)23(4)12-17(29)24(7-5-18)8-6-19;1-5-12(3)10(16)7-13(4)9(15)6-11(2)8-14;/h13H,5-12,18-19H2,1-4H3;5-7H2,1-4H3;/q;-1;. The van der Waals surface area contributed by atoms with Gasteiger partial charge in [0, 0.05) is 75.0 Å². The molecule has 270 valence electrons. The summed E-state index contributed by atoms with van der Waals surface area (Å²) in [6.07, 6.45) is 2.09. The summed E-state index contributed by atoms with van der Waals surface area (Å²) in [6.45, 7) is 2.89. The van der Waals surface area contributed by atoms with Crippen LogP contribution >= 0.6 is 0 Å². The second-order valence-electron chi connectivity index (χ2n) is 10.3. The summed E-state index contributed by atoms with van der Waals surface area (Å²) >= 11 is 0. The van der Waals surface area contributed by atoms with Crippen molar-refractivity contribution in [2.75, 3.05) is 121 Å². The van der Waals surface area contributed by atoms with Crippen LogP contribution in [0.5, 0.6) is 0 Å². The predicted octanol–water partition coefficient (Wildman–Crippen LogP) is -4.88. The SMILES string of the molecule is CCN(C)C(=O)CN(C)C(=O)CN(C)[C-]=O.CN(C=O)CC(=O)N(C)CC(=O)N(C)CC(=O)N(C)CC(=O)N(CCN)CCN.[Fm]. The molecule has 0 fully saturated rings. The second kappa shape index (κ2) is 24.1. The van der Waals surface area contributed by atoms with Crippen molar-refractivity contribution < 1.29 is 38.4 Å². The Balaban J connectivity index is -0.000000923. The van der Waals surface area contributed by atoms with Crippen LogP contribution < -0.4 is 11.5 Å². The molecule has 0 aromatic rings. The van der Waals surface area contributed by atoms with Crippen LogP contribution in [-0.4, -0.2) is 209 Å². The first-order valence-electron chi connectivity index (χ1n) is 14.1. The molecule has 19 heteroatoms. The molecule has 0 saturated carbocycles. The first-order valence-corrected chi connectivity index (χ1v) is 14.1. The van der Waals surface area contributed by atoms with Crippen molar-refractivity contribution in [3.05, 3.63) is 0 Å². The van der Waals surface area contributed by atoms with E-state index in [2.05, 4.69) is 0 Å². The van der Waals surface area contributed by atoms with Gasteiger partial charge in [-0.15, -0.1) is 0 Å². The molecule has 0 spiro atoms. The van der Waals surface area contributed by atoms with Crippen LogP contribution in [-0.2, 0) is 38.4 Å². The molecule has 0 aliphatic heterocycles. The van der Waals surface area contributed by atoms with Crippen molar-refractivity contribution in [3.63, 3.8) is 0 Å². The van der Waals surface area contributed by atoms with E-state index in [0.29, 0.717) is 26.0 Å². The van der Waals surface area contributed by atoms with Crippen LogP contribution in [0.15, 0.2) is 0 Å². The van der Waals surface area contributed by atoms with Crippen molar-refractivity contribution in [2.45, 2.75) is 6.92 Å². The third kappa shape index (κ3) is 18.4. The Kier molecular flexibility index (Phi) is 23.6. The molecule has 0 aromatic carbocycles. The number of hydrogen-bond donors (Lipinski definition) is 2. The minimum atomic E-state index is -0.449. The number of nitrogens with zero attached hydrogens (tertiary/aromatic N) is 8. The molecule has 0 saturated heterocycles. The molecule has 4 N–H and O–H groups in total. The fraction of sp³-hybridized carbons (Fsp3) is 0.704. The molecule has 0 unspecified atom stereocenters. The van der Waals surface area contributed by atoms with E-state index in [4.69, 9.17) is 11.5 Å². The molecule has 18 nitrogen and oxygen atoms in total. The zero-order valence-electron chi connectivity index (χ0n) is 28.1. The Morgan fingerprint density at radius 1 is 0.565 bits per heavy atom. The van der Waals surface area contributed by atoms with Gasteiger partial charge in [0.15, 0.2) is 0 Å². The van der Waals surface area contributed by atoms with Crippen LogP contribution in [0.1, 0.15) is 6.92 Å². The average molecular weight is 901 g/mol. The van der Waals surface area contributed by atoms with Gasteiger partial charge in [0.1, 0.15) is 0 Å². The maximum Gasteiger partial charge on any atom is 0.242 e. The third-order valence-electron chi connectivity index (χ3n) is 6.34. The van der Waals surface area contributed by atoms with E-state index in [-0.39, 0.29) is 70.1 Å². The minimum absolute atomic E-state index is 0. The predicted molar refractivity (Wildman–Crippen MR) is 166 cm³/mol. The molecule has 0 radical (unpaired) electrons. The number of hydrogen-bond acceptors (Lipinski definition) is 10. The molecule has 0 rings (SSSR count). The number of carbonyl (C=O) groups is 7. The Morgan fingerprint density at radius 2 is 0.891 bits per heavy atom. The van der Waals surface area contributed by atoms with E-state index in [0.717, 1.165) is 9.80 Å². The first kappa shape index (κ1) is 45.1. The quantitative estimate of drug-likeness (QED) is 0.0717. The number of likely N-dealkylation sites (N-methyl/N-ethyl adjacent to an activating group) is 7. The minimum Gasteiger partial charge on any atom is -0.520 e. The average Bonchev–Trinajstić information content (AvgIpc) is 2.99. The second-order valence-corrected chi connectivity index (χ2v) is 10.3. The van der Waals surface area contributed by atoms with Gasteiger partial charge in [0.2, 0.25) is 41.9 Å². The Bertz CT molecular complexity index is 1000. The smallest absolute Gasteiger partial charge is 0.242 e. The number of amides is 8. The van der Waals surface area contributed by atoms with Gasteiger partial charge in [-0.05, 0) is 14.0 Å². The van der Waals surface area contributed by atoms with Gasteiger partial charge < -0.3 is 55.5 Å². The van der Waals surface area contributed by atoms with Gasteiger partial charge >= 0.3 is 0 Å². The fourth-order valence-corrected chi connectivity index (χ4v) is 3.20. The molecule has 0 atom stereocenters. The third-order valence-corrected chi connectivity index (χ3v) is 6.34. The van der Waals surface area contributed by atoms with Crippen LogP contribution in [0.25, 0.3) is 0 Å². The van der Waals surface area contributed by atoms with Gasteiger partial charge in [-0.3, -0.25) is 33.6 Å². The van der Waals surface area contributed by atoms with Gasteiger partial charge in [-0.1, -0.05) is 0 Å². The molecule has 0 aliphatic carbocycles. The fourth-order valence-electron chi connectivity index (χ4n) is 3.20. The normalized spacial score (nSPS) is 9.70. The van der Waals surface area contributed by atoms with E-state index < -0.39 is 17.7 Å². The number of rotatable bonds is 19. The van der Waals surface area contributed by atoms with E-state index >= 15 is 0 Å². The Hall–Kier alpha value is -5.32. The van der Waals surface area contributed by atoms with Crippen LogP contribution in [0.4, 0.5) is 0 Å². The number of nitrogens with two attached hydrogens (primary N) is 2. The summed E-state index contributed by atoms with van der Waals surface area (Å²) in [6, 6.07) is 0. The van der Waals surface area contributed by atoms with Gasteiger partial charge in [-0.2, -0.15) is 6.41 Å². The maximum absolute atomic E-state index is 12.3. The van der Waals surface area contributed by atoms with Gasteiger partial charge in [0.05, 0.1) is 39.3 Å². The van der Waals surface area contributed by atoms with Crippen LogP contribution in [0, 0.1) is 0 Å². The summed E-state index contributed by atoms with van der Waals surface area (Å²) in [5.41, 5.74) is 11.0. The maximum atomic E-state index is 12.3. The van der Waals surface area contributed by atoms with Crippen molar-refractivity contribution >= 4 is 48.3 Å².